The third-order valence-electron chi connectivity index (χ3n) is 11.4. The number of nitrogens with one attached hydrogen (secondary N) is 1. The van der Waals surface area contributed by atoms with Crippen LogP contribution in [0.3, 0.4) is 0 Å². The highest BCUT2D eigenvalue weighted by molar-refractivity contribution is 6.30. The summed E-state index contributed by atoms with van der Waals surface area (Å²) in [6.07, 6.45) is 9.07. The van der Waals surface area contributed by atoms with E-state index in [1.165, 1.54) is 5.57 Å². The molecule has 6 rings (SSSR count). The topological polar surface area (TPSA) is 116 Å². The van der Waals surface area contributed by atoms with Crippen LogP contribution < -0.4 is 5.32 Å². The van der Waals surface area contributed by atoms with Crippen LogP contribution in [-0.4, -0.2) is 127 Å². The van der Waals surface area contributed by atoms with E-state index in [2.05, 4.69) is 46.1 Å². The van der Waals surface area contributed by atoms with Crippen molar-refractivity contribution < 1.29 is 28.6 Å². The van der Waals surface area contributed by atoms with Crippen LogP contribution in [-0.2, 0) is 19.0 Å². The second-order valence-corrected chi connectivity index (χ2v) is 16.6. The Morgan fingerprint density at radius 2 is 1.70 bits per heavy atom. The summed E-state index contributed by atoms with van der Waals surface area (Å²) >= 11 is 6.79. The number of hydrogen-bond acceptors (Lipinski definition) is 9. The van der Waals surface area contributed by atoms with Crippen LogP contribution >= 0.6 is 11.6 Å². The highest BCUT2D eigenvalue weighted by atomic mass is 35.5. The van der Waals surface area contributed by atoms with Crippen LogP contribution in [0, 0.1) is 0 Å². The van der Waals surface area contributed by atoms with E-state index in [4.69, 9.17) is 25.8 Å². The molecule has 12 nitrogen and oxygen atoms in total. The molecule has 0 radical (unpaired) electrons. The Balaban J connectivity index is 1.20. The summed E-state index contributed by atoms with van der Waals surface area (Å²) in [5.74, 6) is -0.110. The largest absolute Gasteiger partial charge is 0.446 e. The molecule has 3 amide bonds. The lowest BCUT2D eigenvalue weighted by Gasteiger charge is -2.40. The second kappa shape index (κ2) is 16.5. The number of likely N-dealkylation sites (tertiary alicyclic amines) is 1. The van der Waals surface area contributed by atoms with E-state index in [-0.39, 0.29) is 30.2 Å². The summed E-state index contributed by atoms with van der Waals surface area (Å²) in [5, 5.41) is 4.05. The number of benzene rings is 1. The number of piperidine rings is 1. The molecule has 2 atom stereocenters. The minimum absolute atomic E-state index is 0.0173. The van der Waals surface area contributed by atoms with Gasteiger partial charge in [-0.1, -0.05) is 23.7 Å². The van der Waals surface area contributed by atoms with Gasteiger partial charge in [-0.3, -0.25) is 9.69 Å². The highest BCUT2D eigenvalue weighted by Gasteiger charge is 2.51. The van der Waals surface area contributed by atoms with Crippen molar-refractivity contribution in [2.45, 2.75) is 103 Å². The number of piperazine rings is 1. The van der Waals surface area contributed by atoms with Crippen molar-refractivity contribution >= 4 is 41.6 Å². The van der Waals surface area contributed by atoms with Gasteiger partial charge in [0, 0.05) is 90.1 Å². The fourth-order valence-corrected chi connectivity index (χ4v) is 8.16. The van der Waals surface area contributed by atoms with E-state index >= 15 is 0 Å². The molecule has 3 heterocycles. The van der Waals surface area contributed by atoms with Crippen molar-refractivity contribution in [2.24, 2.45) is 4.99 Å². The molecule has 0 bridgehead atoms. The number of carbonyl (C=O) groups excluding carboxylic acids is 3. The molecule has 2 unspecified atom stereocenters. The zero-order chi connectivity index (χ0) is 38.8. The molecule has 3 fully saturated rings. The number of rotatable bonds is 7. The summed E-state index contributed by atoms with van der Waals surface area (Å²) in [4.78, 5) is 52.4. The Labute approximate surface area is 325 Å². The van der Waals surface area contributed by atoms with Gasteiger partial charge in [0.1, 0.15) is 17.3 Å². The monoisotopic (exact) mass is 764 g/mol. The molecule has 3 aliphatic heterocycles. The average molecular weight is 765 g/mol. The molecule has 0 spiro atoms. The van der Waals surface area contributed by atoms with Crippen molar-refractivity contribution in [3.8, 4) is 0 Å². The minimum atomic E-state index is -0.801. The van der Waals surface area contributed by atoms with Gasteiger partial charge in [0.25, 0.3) is 5.91 Å². The lowest BCUT2D eigenvalue weighted by molar-refractivity contribution is -0.133. The number of hydrogen-bond donors (Lipinski definition) is 1. The third-order valence-corrected chi connectivity index (χ3v) is 11.6. The molecule has 54 heavy (non-hydrogen) atoms. The van der Waals surface area contributed by atoms with E-state index < -0.39 is 17.2 Å². The fourth-order valence-electron chi connectivity index (χ4n) is 7.99. The Bertz CT molecular complexity index is 1710. The summed E-state index contributed by atoms with van der Waals surface area (Å²) < 4.78 is 17.2. The van der Waals surface area contributed by atoms with Crippen LogP contribution in [0.1, 0.15) is 90.3 Å². The molecule has 0 aromatic heterocycles. The number of ether oxygens (including phenoxy) is 3. The van der Waals surface area contributed by atoms with Crippen molar-refractivity contribution in [2.75, 3.05) is 60.0 Å². The molecule has 2 aliphatic carbocycles. The maximum Gasteiger partial charge on any atom is 0.410 e. The van der Waals surface area contributed by atoms with Crippen LogP contribution in [0.2, 0.25) is 5.02 Å². The third kappa shape index (κ3) is 8.98. The van der Waals surface area contributed by atoms with Crippen LogP contribution in [0.4, 0.5) is 9.59 Å². The first-order valence-electron chi connectivity index (χ1n) is 19.3. The van der Waals surface area contributed by atoms with E-state index in [1.54, 1.807) is 16.9 Å². The van der Waals surface area contributed by atoms with E-state index in [1.807, 2.05) is 52.5 Å². The van der Waals surface area contributed by atoms with E-state index in [0.29, 0.717) is 70.0 Å². The normalized spacial score (nSPS) is 23.6. The zero-order valence-corrected chi connectivity index (χ0v) is 33.7. The number of nitrogens with zero attached hydrogens (tertiary/aromatic N) is 5. The number of methoxy groups -OCH3 is 1. The Kier molecular flexibility index (Phi) is 12.1. The van der Waals surface area contributed by atoms with Gasteiger partial charge in [-0.25, -0.2) is 14.6 Å². The zero-order valence-electron chi connectivity index (χ0n) is 33.0. The number of aliphatic imine (C=N–C) groups is 1. The molecule has 2 saturated heterocycles. The predicted octanol–water partition coefficient (Wildman–Crippen LogP) is 6.57. The molecule has 1 aromatic carbocycles. The maximum atomic E-state index is 13.9. The van der Waals surface area contributed by atoms with Crippen molar-refractivity contribution in [3.05, 3.63) is 63.3 Å². The van der Waals surface area contributed by atoms with Crippen LogP contribution in [0.15, 0.2) is 52.2 Å². The lowest BCUT2D eigenvalue weighted by atomic mass is 9.85. The summed E-state index contributed by atoms with van der Waals surface area (Å²) in [6.45, 7) is 14.0. The minimum Gasteiger partial charge on any atom is -0.446 e. The van der Waals surface area contributed by atoms with Gasteiger partial charge in [-0.05, 0) is 106 Å². The first kappa shape index (κ1) is 39.8. The molecule has 1 N–H and O–H groups in total. The Morgan fingerprint density at radius 3 is 2.33 bits per heavy atom. The predicted molar refractivity (Wildman–Crippen MR) is 210 cm³/mol. The van der Waals surface area contributed by atoms with Gasteiger partial charge in [-0.2, -0.15) is 0 Å². The summed E-state index contributed by atoms with van der Waals surface area (Å²) in [5.41, 5.74) is 5.15. The van der Waals surface area contributed by atoms with Gasteiger partial charge in [-0.15, -0.1) is 0 Å². The number of carbonyl (C=O) groups is 3. The fraction of sp³-hybridized carbons (Fsp3) is 0.610. The van der Waals surface area contributed by atoms with Gasteiger partial charge in [0.05, 0.1) is 12.4 Å². The van der Waals surface area contributed by atoms with Crippen molar-refractivity contribution in [1.82, 2.24) is 24.9 Å². The van der Waals surface area contributed by atoms with Crippen LogP contribution in [0.25, 0.3) is 5.57 Å². The van der Waals surface area contributed by atoms with Gasteiger partial charge < -0.3 is 34.2 Å². The highest BCUT2D eigenvalue weighted by Crippen LogP contribution is 2.46. The SMILES string of the molecule is C/C=C1\CC(N2CCN(C(=O)OC3CCN(C(=O)OC(C)(C)C)CC3)CC2)c2ccc(Cl)cc2C(C(NC(=O)C2(OC)CC2)C2=CN=CN(C)CC2)=C1C. The van der Waals surface area contributed by atoms with E-state index in [9.17, 15) is 14.4 Å². The van der Waals surface area contributed by atoms with Gasteiger partial charge in [0.2, 0.25) is 0 Å². The standard InChI is InChI=1S/C41H57ClN6O6/c1-8-28-23-34(46-19-21-48(22-20-46)38(50)53-31-12-17-47(18-13-31)39(51)54-40(3,4)5)32-10-9-30(42)24-33(32)35(27(28)2)36(29-11-16-45(6)26-43-25-29)44-37(49)41(52-7)14-15-41/h8-10,24-26,31,34,36H,11-23H2,1-7H3,(H,44,49)/b28-8+. The van der Waals surface area contributed by atoms with Crippen molar-refractivity contribution in [3.63, 3.8) is 0 Å². The number of halogens is 1. The summed E-state index contributed by atoms with van der Waals surface area (Å²) in [6, 6.07) is 5.69. The maximum absolute atomic E-state index is 13.9. The summed E-state index contributed by atoms with van der Waals surface area (Å²) in [7, 11) is 3.61. The molecule has 13 heteroatoms. The molecular weight excluding hydrogens is 708 g/mol. The average Bonchev–Trinajstić information content (AvgIpc) is 3.98. The lowest BCUT2D eigenvalue weighted by Crippen LogP contribution is -2.51. The number of fused-ring (bicyclic) bond motifs is 1. The Hall–Kier alpha value is -3.87. The Morgan fingerprint density at radius 1 is 1.02 bits per heavy atom. The van der Waals surface area contributed by atoms with Gasteiger partial charge >= 0.3 is 12.2 Å². The first-order valence-corrected chi connectivity index (χ1v) is 19.7. The van der Waals surface area contributed by atoms with Crippen LogP contribution in [0.5, 0.6) is 0 Å². The molecule has 1 saturated carbocycles. The molecular formula is C41H57ClN6O6. The molecule has 1 aromatic rings. The smallest absolute Gasteiger partial charge is 0.410 e. The molecule has 294 valence electrons. The molecule has 5 aliphatic rings. The van der Waals surface area contributed by atoms with E-state index in [0.717, 1.165) is 47.2 Å². The first-order chi connectivity index (χ1) is 25.7. The van der Waals surface area contributed by atoms with Crippen molar-refractivity contribution in [1.29, 1.82) is 0 Å². The van der Waals surface area contributed by atoms with Gasteiger partial charge in [0.15, 0.2) is 0 Å². The number of amides is 3. The quantitative estimate of drug-likeness (QED) is 0.332. The number of allylic oxidation sites excluding steroid dienone is 2. The second-order valence-electron chi connectivity index (χ2n) is 16.2.